The molecule has 1 aromatic heterocycles. The van der Waals surface area contributed by atoms with Crippen LogP contribution in [0.15, 0.2) is 72.2 Å². The van der Waals surface area contributed by atoms with Crippen LogP contribution in [0.2, 0.25) is 5.02 Å². The third kappa shape index (κ3) is 2.75. The summed E-state index contributed by atoms with van der Waals surface area (Å²) in [6.45, 7) is 0. The molecule has 6 heteroatoms. The van der Waals surface area contributed by atoms with Crippen LogP contribution in [0, 0.1) is 0 Å². The molecule has 1 aliphatic heterocycles. The van der Waals surface area contributed by atoms with Crippen LogP contribution in [0.3, 0.4) is 0 Å². The van der Waals surface area contributed by atoms with Crippen molar-refractivity contribution in [3.8, 4) is 0 Å². The Labute approximate surface area is 161 Å². The molecule has 27 heavy (non-hydrogen) atoms. The summed E-state index contributed by atoms with van der Waals surface area (Å²) >= 11 is 6.01. The fourth-order valence-electron chi connectivity index (χ4n) is 4.07. The van der Waals surface area contributed by atoms with Crippen molar-refractivity contribution in [2.75, 3.05) is 5.32 Å². The molecule has 2 aromatic carbocycles. The van der Waals surface area contributed by atoms with Crippen molar-refractivity contribution >= 4 is 23.3 Å². The maximum atomic E-state index is 13.2. The van der Waals surface area contributed by atoms with E-state index in [-0.39, 0.29) is 17.7 Å². The normalized spacial score (nSPS) is 21.4. The van der Waals surface area contributed by atoms with Crippen LogP contribution in [-0.4, -0.2) is 20.5 Å². The number of anilines is 1. The van der Waals surface area contributed by atoms with Gasteiger partial charge in [0, 0.05) is 22.7 Å². The maximum Gasteiger partial charge on any atom is 0.226 e. The van der Waals surface area contributed by atoms with E-state index in [2.05, 4.69) is 15.4 Å². The topological polar surface area (TPSA) is 59.8 Å². The van der Waals surface area contributed by atoms with Gasteiger partial charge in [0.1, 0.15) is 12.4 Å². The molecular weight excluding hydrogens is 360 g/mol. The average Bonchev–Trinajstić information content (AvgIpc) is 3.15. The lowest BCUT2D eigenvalue weighted by molar-refractivity contribution is -0.116. The number of halogens is 1. The summed E-state index contributed by atoms with van der Waals surface area (Å²) in [7, 11) is 0. The Morgan fingerprint density at radius 3 is 2.56 bits per heavy atom. The van der Waals surface area contributed by atoms with Gasteiger partial charge in [0.2, 0.25) is 5.95 Å². The average molecular weight is 377 g/mol. The predicted octanol–water partition coefficient (Wildman–Crippen LogP) is 4.35. The SMILES string of the molecule is O=C1CC(c2ccc(Cl)cc2)CC2=C1C(c1ccccc1)n1ncnc1N2. The molecule has 0 spiro atoms. The zero-order valence-corrected chi connectivity index (χ0v) is 15.2. The number of nitrogens with zero attached hydrogens (tertiary/aromatic N) is 3. The van der Waals surface area contributed by atoms with Gasteiger partial charge in [0.05, 0.1) is 0 Å². The molecule has 0 saturated heterocycles. The smallest absolute Gasteiger partial charge is 0.226 e. The Morgan fingerprint density at radius 2 is 1.78 bits per heavy atom. The fraction of sp³-hybridized carbons (Fsp3) is 0.190. The fourth-order valence-corrected chi connectivity index (χ4v) is 4.19. The Bertz CT molecular complexity index is 1040. The Kier molecular flexibility index (Phi) is 3.83. The predicted molar refractivity (Wildman–Crippen MR) is 104 cm³/mol. The second kappa shape index (κ2) is 6.35. The van der Waals surface area contributed by atoms with Gasteiger partial charge in [-0.25, -0.2) is 4.68 Å². The van der Waals surface area contributed by atoms with Gasteiger partial charge < -0.3 is 5.32 Å². The van der Waals surface area contributed by atoms with Crippen molar-refractivity contribution in [3.63, 3.8) is 0 Å². The third-order valence-electron chi connectivity index (χ3n) is 5.32. The highest BCUT2D eigenvalue weighted by Gasteiger charge is 2.39. The number of allylic oxidation sites excluding steroid dienone is 2. The molecule has 0 saturated carbocycles. The molecule has 2 aliphatic rings. The molecule has 0 fully saturated rings. The molecule has 2 heterocycles. The number of rotatable bonds is 2. The van der Waals surface area contributed by atoms with Crippen molar-refractivity contribution in [2.24, 2.45) is 0 Å². The van der Waals surface area contributed by atoms with Gasteiger partial charge in [0.15, 0.2) is 5.78 Å². The van der Waals surface area contributed by atoms with Crippen molar-refractivity contribution in [2.45, 2.75) is 24.8 Å². The minimum absolute atomic E-state index is 0.131. The number of aromatic nitrogens is 3. The number of Topliss-reactive ketones (excluding diaryl/α,β-unsaturated/α-hetero) is 1. The number of fused-ring (bicyclic) bond motifs is 1. The van der Waals surface area contributed by atoms with Crippen LogP contribution in [0.1, 0.15) is 35.9 Å². The van der Waals surface area contributed by atoms with E-state index in [4.69, 9.17) is 11.6 Å². The molecule has 3 aromatic rings. The lowest BCUT2D eigenvalue weighted by Crippen LogP contribution is -2.33. The highest BCUT2D eigenvalue weighted by atomic mass is 35.5. The number of carbonyl (C=O) groups is 1. The van der Waals surface area contributed by atoms with Crippen molar-refractivity contribution in [1.29, 1.82) is 0 Å². The largest absolute Gasteiger partial charge is 0.328 e. The Morgan fingerprint density at radius 1 is 1.00 bits per heavy atom. The van der Waals surface area contributed by atoms with Crippen molar-refractivity contribution in [1.82, 2.24) is 14.8 Å². The number of carbonyl (C=O) groups excluding carboxylic acids is 1. The number of hydrogen-bond acceptors (Lipinski definition) is 4. The quantitative estimate of drug-likeness (QED) is 0.722. The Hall–Kier alpha value is -2.92. The van der Waals surface area contributed by atoms with E-state index in [9.17, 15) is 4.79 Å². The molecule has 2 unspecified atom stereocenters. The highest BCUT2D eigenvalue weighted by Crippen LogP contribution is 2.43. The van der Waals surface area contributed by atoms with E-state index in [0.717, 1.165) is 28.8 Å². The molecule has 0 amide bonds. The monoisotopic (exact) mass is 376 g/mol. The standard InChI is InChI=1S/C21H17ClN4O/c22-16-8-6-13(7-9-16)15-10-17-19(18(27)11-15)20(14-4-2-1-3-5-14)26-21(25-17)23-12-24-26/h1-9,12,15,20H,10-11H2,(H,23,24,25). The van der Waals surface area contributed by atoms with Gasteiger partial charge in [-0.3, -0.25) is 4.79 Å². The minimum Gasteiger partial charge on any atom is -0.328 e. The summed E-state index contributed by atoms with van der Waals surface area (Å²) in [5.74, 6) is 0.956. The van der Waals surface area contributed by atoms with E-state index in [1.54, 1.807) is 4.68 Å². The molecule has 134 valence electrons. The van der Waals surface area contributed by atoms with Crippen LogP contribution in [0.25, 0.3) is 0 Å². The summed E-state index contributed by atoms with van der Waals surface area (Å²) < 4.78 is 1.80. The molecule has 0 radical (unpaired) electrons. The molecule has 1 N–H and O–H groups in total. The summed E-state index contributed by atoms with van der Waals surface area (Å²) in [5.41, 5.74) is 3.91. The molecule has 5 rings (SSSR count). The van der Waals surface area contributed by atoms with E-state index in [0.29, 0.717) is 17.4 Å². The van der Waals surface area contributed by atoms with Gasteiger partial charge in [-0.15, -0.1) is 0 Å². The van der Waals surface area contributed by atoms with Crippen LogP contribution in [0.5, 0.6) is 0 Å². The van der Waals surface area contributed by atoms with Crippen molar-refractivity contribution < 1.29 is 4.79 Å². The summed E-state index contributed by atoms with van der Waals surface area (Å²) in [6.07, 6.45) is 2.77. The zero-order chi connectivity index (χ0) is 18.4. The van der Waals surface area contributed by atoms with Crippen LogP contribution in [-0.2, 0) is 4.79 Å². The van der Waals surface area contributed by atoms with E-state index >= 15 is 0 Å². The first-order valence-electron chi connectivity index (χ1n) is 8.94. The highest BCUT2D eigenvalue weighted by molar-refractivity contribution is 6.30. The van der Waals surface area contributed by atoms with Gasteiger partial charge in [-0.1, -0.05) is 54.1 Å². The van der Waals surface area contributed by atoms with E-state index < -0.39 is 0 Å². The maximum absolute atomic E-state index is 13.2. The number of nitrogens with one attached hydrogen (secondary N) is 1. The number of ketones is 1. The second-order valence-corrected chi connectivity index (χ2v) is 7.37. The first-order valence-corrected chi connectivity index (χ1v) is 9.31. The minimum atomic E-state index is -0.237. The van der Waals surface area contributed by atoms with Gasteiger partial charge in [0.25, 0.3) is 0 Å². The van der Waals surface area contributed by atoms with Crippen LogP contribution < -0.4 is 5.32 Å². The van der Waals surface area contributed by atoms with Crippen LogP contribution >= 0.6 is 11.6 Å². The summed E-state index contributed by atoms with van der Waals surface area (Å²) in [6, 6.07) is 17.5. The second-order valence-electron chi connectivity index (χ2n) is 6.94. The molecular formula is C21H17ClN4O. The van der Waals surface area contributed by atoms with Crippen molar-refractivity contribution in [3.05, 3.63) is 88.3 Å². The zero-order valence-electron chi connectivity index (χ0n) is 14.5. The Balaban J connectivity index is 1.58. The number of benzene rings is 2. The lowest BCUT2D eigenvalue weighted by atomic mass is 9.78. The van der Waals surface area contributed by atoms with Gasteiger partial charge in [-0.2, -0.15) is 10.1 Å². The van der Waals surface area contributed by atoms with E-state index in [1.165, 1.54) is 6.33 Å². The molecule has 2 atom stereocenters. The number of hydrogen-bond donors (Lipinski definition) is 1. The molecule has 1 aliphatic carbocycles. The third-order valence-corrected chi connectivity index (χ3v) is 5.57. The molecule has 0 bridgehead atoms. The van der Waals surface area contributed by atoms with E-state index in [1.807, 2.05) is 54.6 Å². The first kappa shape index (κ1) is 16.3. The van der Waals surface area contributed by atoms with Crippen LogP contribution in [0.4, 0.5) is 5.95 Å². The van der Waals surface area contributed by atoms with Gasteiger partial charge >= 0.3 is 0 Å². The molecule has 5 nitrogen and oxygen atoms in total. The summed E-state index contributed by atoms with van der Waals surface area (Å²) in [4.78, 5) is 17.5. The first-order chi connectivity index (χ1) is 13.2. The lowest BCUT2D eigenvalue weighted by Gasteiger charge is -2.35. The summed E-state index contributed by atoms with van der Waals surface area (Å²) in [5, 5.41) is 8.41. The van der Waals surface area contributed by atoms with Gasteiger partial charge in [-0.05, 0) is 35.6 Å².